The molecule has 0 spiro atoms. The third-order valence-electron chi connectivity index (χ3n) is 12.4. The summed E-state index contributed by atoms with van der Waals surface area (Å²) in [6.45, 7) is 4.24. The maximum absolute atomic E-state index is 2.49. The summed E-state index contributed by atoms with van der Waals surface area (Å²) in [4.78, 5) is 0. The standard InChI is InChI=1S/C49H32N2.C8H10/c1-3-12-32(13-4-1)34-23-26-48-43(28-34)39-16-7-9-19-45(39)50(48)37-25-22-36-30-42-38(41(36)31-37)18-11-21-47(42)51-46-20-10-8-17-40(46)44-29-35(24-27-49(44)51)33-14-5-2-6-15-33;1-7-5-3-4-6-8(7)2/h1-29,31H,30H2;3-6H,1-2H3. The molecule has 0 aliphatic heterocycles. The summed E-state index contributed by atoms with van der Waals surface area (Å²) in [5.74, 6) is 0. The average Bonchev–Trinajstić information content (AvgIpc) is 3.95. The Morgan fingerprint density at radius 2 is 0.847 bits per heavy atom. The van der Waals surface area contributed by atoms with Crippen molar-refractivity contribution in [3.63, 3.8) is 0 Å². The lowest BCUT2D eigenvalue weighted by Gasteiger charge is -2.14. The molecule has 1 aliphatic carbocycles. The molecule has 0 bridgehead atoms. The number of hydrogen-bond donors (Lipinski definition) is 0. The van der Waals surface area contributed by atoms with Crippen LogP contribution in [0.4, 0.5) is 0 Å². The highest BCUT2D eigenvalue weighted by molar-refractivity contribution is 6.12. The highest BCUT2D eigenvalue weighted by atomic mass is 15.0. The fourth-order valence-corrected chi connectivity index (χ4v) is 9.29. The maximum atomic E-state index is 2.49. The molecule has 0 radical (unpaired) electrons. The van der Waals surface area contributed by atoms with Crippen LogP contribution in [0.2, 0.25) is 0 Å². The first-order chi connectivity index (χ1) is 29.1. The Bertz CT molecular complexity index is 3340. The van der Waals surface area contributed by atoms with Gasteiger partial charge in [-0.05, 0) is 124 Å². The molecule has 11 aromatic rings. The van der Waals surface area contributed by atoms with Crippen LogP contribution in [-0.2, 0) is 6.42 Å². The van der Waals surface area contributed by atoms with Gasteiger partial charge >= 0.3 is 0 Å². The van der Waals surface area contributed by atoms with E-state index in [2.05, 4.69) is 229 Å². The van der Waals surface area contributed by atoms with Crippen molar-refractivity contribution in [2.24, 2.45) is 0 Å². The lowest BCUT2D eigenvalue weighted by Crippen LogP contribution is -1.99. The van der Waals surface area contributed by atoms with Gasteiger partial charge in [0.25, 0.3) is 0 Å². The van der Waals surface area contributed by atoms with Crippen LogP contribution in [0.25, 0.3) is 88.4 Å². The number of nitrogens with zero attached hydrogens (tertiary/aromatic N) is 2. The minimum Gasteiger partial charge on any atom is -0.309 e. The van der Waals surface area contributed by atoms with Crippen LogP contribution >= 0.6 is 0 Å². The van der Waals surface area contributed by atoms with Gasteiger partial charge in [0, 0.05) is 33.7 Å². The first kappa shape index (κ1) is 34.8. The van der Waals surface area contributed by atoms with E-state index in [0.29, 0.717) is 0 Å². The molecule has 0 fully saturated rings. The van der Waals surface area contributed by atoms with Gasteiger partial charge in [0.1, 0.15) is 0 Å². The second-order valence-corrected chi connectivity index (χ2v) is 15.8. The molecule has 2 aromatic heterocycles. The summed E-state index contributed by atoms with van der Waals surface area (Å²) >= 11 is 0. The van der Waals surface area contributed by atoms with Gasteiger partial charge in [-0.1, -0.05) is 152 Å². The van der Waals surface area contributed by atoms with Gasteiger partial charge in [-0.3, -0.25) is 0 Å². The Labute approximate surface area is 344 Å². The fraction of sp³-hybridized carbons (Fsp3) is 0.0526. The first-order valence-electron chi connectivity index (χ1n) is 20.6. The van der Waals surface area contributed by atoms with Crippen molar-refractivity contribution in [3.8, 4) is 44.8 Å². The predicted molar refractivity (Wildman–Crippen MR) is 250 cm³/mol. The number of aromatic nitrogens is 2. The number of fused-ring (bicyclic) bond motifs is 9. The lowest BCUT2D eigenvalue weighted by molar-refractivity contribution is 1.12. The van der Waals surface area contributed by atoms with E-state index in [4.69, 9.17) is 0 Å². The van der Waals surface area contributed by atoms with Gasteiger partial charge in [-0.25, -0.2) is 0 Å². The van der Waals surface area contributed by atoms with Crippen LogP contribution < -0.4 is 0 Å². The van der Waals surface area contributed by atoms with Crippen molar-refractivity contribution in [2.45, 2.75) is 20.3 Å². The molecular formula is C57H42N2. The number of aryl methyl sites for hydroxylation is 2. The third kappa shape index (κ3) is 5.87. The molecule has 0 N–H and O–H groups in total. The van der Waals surface area contributed by atoms with Crippen LogP contribution in [0.3, 0.4) is 0 Å². The van der Waals surface area contributed by atoms with E-state index in [0.717, 1.165) is 6.42 Å². The molecule has 59 heavy (non-hydrogen) atoms. The van der Waals surface area contributed by atoms with Crippen LogP contribution in [-0.4, -0.2) is 9.13 Å². The summed E-state index contributed by atoms with van der Waals surface area (Å²) in [5.41, 5.74) is 20.5. The Kier molecular flexibility index (Phi) is 8.37. The summed E-state index contributed by atoms with van der Waals surface area (Å²) in [6.07, 6.45) is 0.908. The first-order valence-corrected chi connectivity index (χ1v) is 20.6. The zero-order valence-corrected chi connectivity index (χ0v) is 33.2. The number of hydrogen-bond acceptors (Lipinski definition) is 0. The molecule has 0 atom stereocenters. The van der Waals surface area contributed by atoms with Crippen molar-refractivity contribution < 1.29 is 0 Å². The van der Waals surface area contributed by atoms with Crippen LogP contribution in [0, 0.1) is 13.8 Å². The van der Waals surface area contributed by atoms with Crippen molar-refractivity contribution >= 4 is 43.6 Å². The monoisotopic (exact) mass is 754 g/mol. The Balaban J connectivity index is 0.000000447. The molecule has 9 aromatic carbocycles. The zero-order chi connectivity index (χ0) is 39.5. The van der Waals surface area contributed by atoms with Crippen molar-refractivity contribution in [1.82, 2.24) is 9.13 Å². The summed E-state index contributed by atoms with van der Waals surface area (Å²) < 4.78 is 4.93. The maximum Gasteiger partial charge on any atom is 0.0541 e. The largest absolute Gasteiger partial charge is 0.309 e. The molecule has 1 aliphatic rings. The van der Waals surface area contributed by atoms with Crippen LogP contribution in [0.1, 0.15) is 22.3 Å². The van der Waals surface area contributed by atoms with Crippen molar-refractivity contribution in [2.75, 3.05) is 0 Å². The van der Waals surface area contributed by atoms with E-state index in [1.165, 1.54) is 111 Å². The topological polar surface area (TPSA) is 9.86 Å². The molecule has 280 valence electrons. The van der Waals surface area contributed by atoms with Gasteiger partial charge in [0.05, 0.1) is 27.8 Å². The normalized spacial score (nSPS) is 11.8. The third-order valence-corrected chi connectivity index (χ3v) is 12.4. The summed E-state index contributed by atoms with van der Waals surface area (Å²) in [5, 5.41) is 5.11. The SMILES string of the molecule is Cc1ccccc1C.c1ccc(-c2ccc3c(c2)c2ccccc2n3-c2ccc3c(c2)-c2cccc(-n4c5ccccc5c5cc(-c6ccccc6)ccc54)c2C3)cc1. The molecule has 2 nitrogen and oxygen atoms in total. The van der Waals surface area contributed by atoms with E-state index in [9.17, 15) is 0 Å². The quantitative estimate of drug-likeness (QED) is 0.169. The molecular weight excluding hydrogens is 713 g/mol. The Morgan fingerprint density at radius 1 is 0.339 bits per heavy atom. The average molecular weight is 755 g/mol. The van der Waals surface area contributed by atoms with E-state index in [1.807, 2.05) is 0 Å². The molecule has 12 rings (SSSR count). The number of rotatable bonds is 4. The molecule has 0 amide bonds. The summed E-state index contributed by atoms with van der Waals surface area (Å²) in [7, 11) is 0. The molecule has 2 heteroatoms. The smallest absolute Gasteiger partial charge is 0.0541 e. The number of para-hydroxylation sites is 2. The van der Waals surface area contributed by atoms with E-state index in [1.54, 1.807) is 0 Å². The molecule has 2 heterocycles. The minimum atomic E-state index is 0.908. The lowest BCUT2D eigenvalue weighted by atomic mass is 10.0. The highest BCUT2D eigenvalue weighted by Gasteiger charge is 2.25. The van der Waals surface area contributed by atoms with Gasteiger partial charge in [0.15, 0.2) is 0 Å². The van der Waals surface area contributed by atoms with Gasteiger partial charge in [0.2, 0.25) is 0 Å². The Morgan fingerprint density at radius 3 is 1.44 bits per heavy atom. The van der Waals surface area contributed by atoms with E-state index in [-0.39, 0.29) is 0 Å². The second kappa shape index (κ2) is 14.2. The van der Waals surface area contributed by atoms with Crippen LogP contribution in [0.15, 0.2) is 206 Å². The Hall–Kier alpha value is -7.42. The van der Waals surface area contributed by atoms with Gasteiger partial charge < -0.3 is 9.13 Å². The zero-order valence-electron chi connectivity index (χ0n) is 33.2. The highest BCUT2D eigenvalue weighted by Crippen LogP contribution is 2.44. The van der Waals surface area contributed by atoms with Gasteiger partial charge in [-0.15, -0.1) is 0 Å². The van der Waals surface area contributed by atoms with Crippen LogP contribution in [0.5, 0.6) is 0 Å². The van der Waals surface area contributed by atoms with E-state index < -0.39 is 0 Å². The number of benzene rings is 9. The van der Waals surface area contributed by atoms with E-state index >= 15 is 0 Å². The predicted octanol–water partition coefficient (Wildman–Crippen LogP) is 15.1. The van der Waals surface area contributed by atoms with Crippen molar-refractivity contribution in [3.05, 3.63) is 229 Å². The fourth-order valence-electron chi connectivity index (χ4n) is 9.29. The second-order valence-electron chi connectivity index (χ2n) is 15.8. The minimum absolute atomic E-state index is 0.908. The van der Waals surface area contributed by atoms with Gasteiger partial charge in [-0.2, -0.15) is 0 Å². The summed E-state index contributed by atoms with van der Waals surface area (Å²) in [6, 6.07) is 75.2. The molecule has 0 saturated heterocycles. The molecule has 0 unspecified atom stereocenters. The molecule has 0 saturated carbocycles. The van der Waals surface area contributed by atoms with Crippen molar-refractivity contribution in [1.29, 1.82) is 0 Å².